The molecule has 0 aliphatic carbocycles. The molecule has 5 heterocycles. The first-order valence-corrected chi connectivity index (χ1v) is 15.6. The Balaban J connectivity index is 1.43. The van der Waals surface area contributed by atoms with Gasteiger partial charge in [-0.15, -0.1) is 11.8 Å². The van der Waals surface area contributed by atoms with Crippen molar-refractivity contribution in [3.05, 3.63) is 59.4 Å². The quantitative estimate of drug-likeness (QED) is 0.272. The van der Waals surface area contributed by atoms with Gasteiger partial charge in [0.2, 0.25) is 6.54 Å². The number of carbonyl (C=O) groups is 1. The number of amides is 1. The lowest BCUT2D eigenvalue weighted by Gasteiger charge is -2.39. The van der Waals surface area contributed by atoms with Crippen molar-refractivity contribution in [2.45, 2.75) is 42.7 Å². The number of carbonyl (C=O) groups excluding carboxylic acids is 1. The van der Waals surface area contributed by atoms with E-state index in [0.29, 0.717) is 34.7 Å². The van der Waals surface area contributed by atoms with Gasteiger partial charge < -0.3 is 24.3 Å². The maximum atomic E-state index is 16.5. The summed E-state index contributed by atoms with van der Waals surface area (Å²) in [7, 11) is 2.03. The average Bonchev–Trinajstić information content (AvgIpc) is 3.44. The first-order chi connectivity index (χ1) is 21.3. The van der Waals surface area contributed by atoms with Crippen LogP contribution >= 0.6 is 11.8 Å². The third kappa shape index (κ3) is 5.68. The Kier molecular flexibility index (Phi) is 8.64. The van der Waals surface area contributed by atoms with Crippen molar-refractivity contribution in [2.75, 3.05) is 57.0 Å². The van der Waals surface area contributed by atoms with Crippen LogP contribution in [0.15, 0.2) is 35.6 Å². The zero-order valence-corrected chi connectivity index (χ0v) is 25.2. The van der Waals surface area contributed by atoms with Gasteiger partial charge in [-0.25, -0.2) is 19.7 Å². The van der Waals surface area contributed by atoms with E-state index < -0.39 is 23.6 Å². The van der Waals surface area contributed by atoms with Gasteiger partial charge in [0.1, 0.15) is 35.5 Å². The van der Waals surface area contributed by atoms with Gasteiger partial charge in [0.05, 0.1) is 5.39 Å². The molecule has 0 bridgehead atoms. The minimum atomic E-state index is -1.09. The van der Waals surface area contributed by atoms with Crippen LogP contribution in [0.1, 0.15) is 24.8 Å². The number of hydrogen-bond acceptors (Lipinski definition) is 8. The summed E-state index contributed by atoms with van der Waals surface area (Å²) < 4.78 is 51.0. The molecule has 3 aliphatic heterocycles. The molecule has 0 spiro atoms. The highest BCUT2D eigenvalue weighted by molar-refractivity contribution is 7.99. The second-order valence-corrected chi connectivity index (χ2v) is 12.4. The maximum absolute atomic E-state index is 16.5. The first kappa shape index (κ1) is 30.1. The van der Waals surface area contributed by atoms with Gasteiger partial charge in [-0.1, -0.05) is 6.58 Å². The summed E-state index contributed by atoms with van der Waals surface area (Å²) in [6.07, 6.45) is 4.98. The number of anilines is 1. The van der Waals surface area contributed by atoms with Crippen molar-refractivity contribution in [1.82, 2.24) is 24.8 Å². The molecule has 2 aromatic heterocycles. The molecule has 3 aromatic rings. The van der Waals surface area contributed by atoms with Gasteiger partial charge >= 0.3 is 6.01 Å². The lowest BCUT2D eigenvalue weighted by molar-refractivity contribution is -0.131. The van der Waals surface area contributed by atoms with E-state index in [1.165, 1.54) is 28.9 Å². The normalized spacial score (nSPS) is 20.4. The molecule has 1 aromatic carbocycles. The van der Waals surface area contributed by atoms with Crippen molar-refractivity contribution in [3.8, 4) is 17.3 Å². The number of rotatable bonds is 7. The number of thioether (sulfide) groups is 1. The largest absolute Gasteiger partial charge is 0.462 e. The number of piperazine rings is 1. The van der Waals surface area contributed by atoms with E-state index >= 15 is 4.39 Å². The number of hydrogen-bond donors (Lipinski definition) is 0. The molecule has 0 N–H and O–H groups in total. The molecular formula is C31H32F3N7O2S. The number of halogens is 3. The van der Waals surface area contributed by atoms with E-state index in [0.717, 1.165) is 37.1 Å². The molecule has 2 fully saturated rings. The number of pyridine rings is 1. The third-order valence-electron chi connectivity index (χ3n) is 8.58. The molecule has 1 amide bonds. The summed E-state index contributed by atoms with van der Waals surface area (Å²) in [6, 6.07) is 2.45. The Labute approximate surface area is 257 Å². The molecule has 230 valence electrons. The lowest BCUT2D eigenvalue weighted by atomic mass is 9.98. The van der Waals surface area contributed by atoms with Crippen molar-refractivity contribution in [3.63, 3.8) is 0 Å². The highest BCUT2D eigenvalue weighted by atomic mass is 32.2. The van der Waals surface area contributed by atoms with Crippen LogP contribution in [-0.2, 0) is 11.2 Å². The van der Waals surface area contributed by atoms with Crippen LogP contribution in [0, 0.1) is 18.2 Å². The zero-order valence-electron chi connectivity index (χ0n) is 24.4. The van der Waals surface area contributed by atoms with E-state index in [9.17, 15) is 13.6 Å². The number of ether oxygens (including phenoxy) is 1. The van der Waals surface area contributed by atoms with Crippen LogP contribution in [0.25, 0.3) is 27.0 Å². The summed E-state index contributed by atoms with van der Waals surface area (Å²) in [6.45, 7) is 12.3. The predicted molar refractivity (Wildman–Crippen MR) is 162 cm³/mol. The van der Waals surface area contributed by atoms with Crippen LogP contribution in [-0.4, -0.2) is 94.9 Å². The maximum Gasteiger partial charge on any atom is 0.319 e. The Hall–Kier alpha value is -3.89. The minimum Gasteiger partial charge on any atom is -0.462 e. The van der Waals surface area contributed by atoms with E-state index in [1.807, 2.05) is 11.9 Å². The van der Waals surface area contributed by atoms with Gasteiger partial charge in [-0.05, 0) is 62.7 Å². The highest BCUT2D eigenvalue weighted by Crippen LogP contribution is 2.40. The van der Waals surface area contributed by atoms with Gasteiger partial charge in [-0.2, -0.15) is 9.97 Å². The predicted octanol–water partition coefficient (Wildman–Crippen LogP) is 4.90. The van der Waals surface area contributed by atoms with Gasteiger partial charge in [0.25, 0.3) is 5.91 Å². The Morgan fingerprint density at radius 3 is 2.80 bits per heavy atom. The standard InChI is InChI=1S/C31H32F3N7O2S/c1-18(32)30(42)41-12-11-40(16-20(41)14-35-2)29-23-15-36-26(21-8-9-24(33)28-22(21)7-5-13-44-28)25(34)27(23)37-31(38-29)43-17-19-6-4-10-39(19)3/h8-9,15,19-20H,1,4-7,10-14,16-17H2,3H3/t19-,20-/m0/s1. The van der Waals surface area contributed by atoms with E-state index in [4.69, 9.17) is 11.3 Å². The molecule has 2 saturated heterocycles. The van der Waals surface area contributed by atoms with Crippen molar-refractivity contribution in [1.29, 1.82) is 0 Å². The summed E-state index contributed by atoms with van der Waals surface area (Å²) in [4.78, 5) is 35.5. The monoisotopic (exact) mass is 623 g/mol. The van der Waals surface area contributed by atoms with Crippen LogP contribution in [0.5, 0.6) is 6.01 Å². The third-order valence-corrected chi connectivity index (χ3v) is 9.81. The van der Waals surface area contributed by atoms with Crippen LogP contribution < -0.4 is 9.64 Å². The average molecular weight is 624 g/mol. The number of benzene rings is 1. The number of aromatic nitrogens is 3. The molecule has 44 heavy (non-hydrogen) atoms. The SMILES string of the molecule is [C-]#[N+]C[C@H]1CN(c2nc(OC[C@@H]3CCCN3C)nc3c(F)c(-c4ccc(F)c5c4CCCS5)ncc23)CCN1C(=O)C(=C)F. The van der Waals surface area contributed by atoms with Gasteiger partial charge in [-0.3, -0.25) is 9.78 Å². The number of likely N-dealkylation sites (tertiary alicyclic amines) is 1. The molecule has 2 atom stereocenters. The molecule has 3 aliphatic rings. The van der Waals surface area contributed by atoms with Gasteiger partial charge in [0.15, 0.2) is 11.6 Å². The Morgan fingerprint density at radius 1 is 1.20 bits per heavy atom. The smallest absolute Gasteiger partial charge is 0.319 e. The number of fused-ring (bicyclic) bond motifs is 2. The fourth-order valence-electron chi connectivity index (χ4n) is 6.26. The molecule has 9 nitrogen and oxygen atoms in total. The van der Waals surface area contributed by atoms with Crippen LogP contribution in [0.3, 0.4) is 0 Å². The van der Waals surface area contributed by atoms with Crippen LogP contribution in [0.4, 0.5) is 19.0 Å². The van der Waals surface area contributed by atoms with E-state index in [1.54, 1.807) is 6.07 Å². The molecule has 13 heteroatoms. The second-order valence-electron chi connectivity index (χ2n) is 11.3. The van der Waals surface area contributed by atoms with E-state index in [2.05, 4.69) is 31.3 Å². The van der Waals surface area contributed by atoms with Crippen molar-refractivity contribution < 1.29 is 22.7 Å². The molecule has 6 rings (SSSR count). The second kappa shape index (κ2) is 12.6. The fourth-order valence-corrected chi connectivity index (χ4v) is 7.34. The Bertz CT molecular complexity index is 1670. The topological polar surface area (TPSA) is 79.1 Å². The van der Waals surface area contributed by atoms with Crippen LogP contribution in [0.2, 0.25) is 0 Å². The zero-order chi connectivity index (χ0) is 31.0. The summed E-state index contributed by atoms with van der Waals surface area (Å²) >= 11 is 1.42. The minimum absolute atomic E-state index is 0.00193. The van der Waals surface area contributed by atoms with Crippen molar-refractivity contribution >= 4 is 34.4 Å². The lowest BCUT2D eigenvalue weighted by Crippen LogP contribution is -2.56. The summed E-state index contributed by atoms with van der Waals surface area (Å²) in [5.74, 6) is -1.79. The fraction of sp³-hybridized carbons (Fsp3) is 0.452. The summed E-state index contributed by atoms with van der Waals surface area (Å²) in [5, 5.41) is 0.332. The molecule has 0 saturated carbocycles. The molecular weight excluding hydrogens is 591 g/mol. The summed E-state index contributed by atoms with van der Waals surface area (Å²) in [5.41, 5.74) is 1.34. The number of likely N-dealkylation sites (N-methyl/N-ethyl adjacent to an activating group) is 1. The first-order valence-electron chi connectivity index (χ1n) is 14.6. The van der Waals surface area contributed by atoms with Crippen molar-refractivity contribution in [2.24, 2.45) is 0 Å². The van der Waals surface area contributed by atoms with E-state index in [-0.39, 0.29) is 55.3 Å². The Morgan fingerprint density at radius 2 is 2.05 bits per heavy atom. The molecule has 0 radical (unpaired) electrons. The van der Waals surface area contributed by atoms with Gasteiger partial charge in [0, 0.05) is 42.3 Å². The number of nitrogens with zero attached hydrogens (tertiary/aromatic N) is 7. The molecule has 0 unspecified atom stereocenters. The highest BCUT2D eigenvalue weighted by Gasteiger charge is 2.35.